The van der Waals surface area contributed by atoms with Crippen molar-refractivity contribution in [3.8, 4) is 5.75 Å². The first kappa shape index (κ1) is 16.3. The smallest absolute Gasteiger partial charge is 0.271 e. The van der Waals surface area contributed by atoms with Crippen LogP contribution in [0.1, 0.15) is 22.6 Å². The van der Waals surface area contributed by atoms with E-state index in [2.05, 4.69) is 15.3 Å². The van der Waals surface area contributed by atoms with Gasteiger partial charge in [0.25, 0.3) is 5.91 Å². The number of halogens is 1. The Morgan fingerprint density at radius 2 is 2.25 bits per heavy atom. The van der Waals surface area contributed by atoms with Crippen LogP contribution in [0.4, 0.5) is 4.39 Å². The lowest BCUT2D eigenvalue weighted by molar-refractivity contribution is -0.0136. The average Bonchev–Trinajstić information content (AvgIpc) is 2.57. The van der Waals surface area contributed by atoms with E-state index in [1.807, 2.05) is 0 Å². The highest BCUT2D eigenvalue weighted by molar-refractivity contribution is 5.92. The first-order valence-corrected chi connectivity index (χ1v) is 7.71. The molecule has 6 nitrogen and oxygen atoms in total. The molecule has 2 heterocycles. The number of amides is 1. The van der Waals surface area contributed by atoms with Crippen molar-refractivity contribution < 1.29 is 18.7 Å². The zero-order valence-electron chi connectivity index (χ0n) is 13.2. The molecule has 126 valence electrons. The molecular weight excluding hydrogens is 313 g/mol. The lowest BCUT2D eigenvalue weighted by atomic mass is 10.1. The number of carbonyl (C=O) groups excluding carboxylic acids is 1. The summed E-state index contributed by atoms with van der Waals surface area (Å²) in [4.78, 5) is 20.4. The molecule has 1 aliphatic rings. The van der Waals surface area contributed by atoms with Gasteiger partial charge in [0.15, 0.2) is 0 Å². The highest BCUT2D eigenvalue weighted by Crippen LogP contribution is 2.19. The van der Waals surface area contributed by atoms with Crippen molar-refractivity contribution in [2.24, 2.45) is 0 Å². The largest absolute Gasteiger partial charge is 0.486 e. The summed E-state index contributed by atoms with van der Waals surface area (Å²) in [6, 6.07) is 5.64. The Bertz CT molecular complexity index is 708. The zero-order chi connectivity index (χ0) is 16.9. The predicted octanol–water partition coefficient (Wildman–Crippen LogP) is 1.89. The van der Waals surface area contributed by atoms with Crippen LogP contribution in [-0.2, 0) is 4.74 Å². The van der Waals surface area contributed by atoms with Crippen molar-refractivity contribution in [2.45, 2.75) is 25.5 Å². The summed E-state index contributed by atoms with van der Waals surface area (Å²) in [5.74, 6) is -0.290. The number of benzene rings is 1. The van der Waals surface area contributed by atoms with Crippen LogP contribution in [0.25, 0.3) is 0 Å². The Morgan fingerprint density at radius 1 is 1.38 bits per heavy atom. The van der Waals surface area contributed by atoms with Gasteiger partial charge in [-0.1, -0.05) is 6.07 Å². The molecule has 3 rings (SSSR count). The SMILES string of the molecule is Cc1cnc(C(=O)N[C@@H]2CCOC[C@H]2Oc2cccc(F)c2)cn1. The minimum absolute atomic E-state index is 0.247. The van der Waals surface area contributed by atoms with Crippen LogP contribution in [0.5, 0.6) is 5.75 Å². The number of nitrogens with zero attached hydrogens (tertiary/aromatic N) is 2. The van der Waals surface area contributed by atoms with E-state index >= 15 is 0 Å². The highest BCUT2D eigenvalue weighted by atomic mass is 19.1. The summed E-state index contributed by atoms with van der Waals surface area (Å²) in [7, 11) is 0. The average molecular weight is 331 g/mol. The van der Waals surface area contributed by atoms with E-state index in [-0.39, 0.29) is 23.5 Å². The van der Waals surface area contributed by atoms with Crippen molar-refractivity contribution in [2.75, 3.05) is 13.2 Å². The van der Waals surface area contributed by atoms with Gasteiger partial charge in [0.2, 0.25) is 0 Å². The molecule has 24 heavy (non-hydrogen) atoms. The molecule has 1 saturated heterocycles. The normalized spacial score (nSPS) is 20.4. The Hall–Kier alpha value is -2.54. The number of ether oxygens (including phenoxy) is 2. The van der Waals surface area contributed by atoms with Crippen LogP contribution in [0, 0.1) is 12.7 Å². The second-order valence-electron chi connectivity index (χ2n) is 5.60. The topological polar surface area (TPSA) is 73.3 Å². The number of nitrogens with one attached hydrogen (secondary N) is 1. The van der Waals surface area contributed by atoms with Gasteiger partial charge in [0, 0.05) is 18.9 Å². The number of rotatable bonds is 4. The number of aryl methyl sites for hydroxylation is 1. The molecule has 0 aliphatic carbocycles. The van der Waals surface area contributed by atoms with Crippen LogP contribution in [0.2, 0.25) is 0 Å². The number of hydrogen-bond acceptors (Lipinski definition) is 5. The molecule has 1 N–H and O–H groups in total. The first-order valence-electron chi connectivity index (χ1n) is 7.71. The molecule has 1 aromatic carbocycles. The van der Waals surface area contributed by atoms with Gasteiger partial charge in [0.05, 0.1) is 24.5 Å². The number of hydrogen-bond donors (Lipinski definition) is 1. The maximum atomic E-state index is 13.3. The van der Waals surface area contributed by atoms with Gasteiger partial charge in [-0.15, -0.1) is 0 Å². The summed E-state index contributed by atoms with van der Waals surface area (Å²) in [5.41, 5.74) is 0.988. The predicted molar refractivity (Wildman–Crippen MR) is 84.3 cm³/mol. The Morgan fingerprint density at radius 3 is 3.00 bits per heavy atom. The monoisotopic (exact) mass is 331 g/mol. The van der Waals surface area contributed by atoms with Crippen LogP contribution >= 0.6 is 0 Å². The fourth-order valence-electron chi connectivity index (χ4n) is 2.46. The van der Waals surface area contributed by atoms with Crippen molar-refractivity contribution in [1.82, 2.24) is 15.3 Å². The molecule has 2 atom stereocenters. The van der Waals surface area contributed by atoms with Gasteiger partial charge in [-0.05, 0) is 25.5 Å². The van der Waals surface area contributed by atoms with Gasteiger partial charge < -0.3 is 14.8 Å². The molecule has 1 aliphatic heterocycles. The van der Waals surface area contributed by atoms with Crippen LogP contribution in [-0.4, -0.2) is 41.2 Å². The lowest BCUT2D eigenvalue weighted by Gasteiger charge is -2.32. The van der Waals surface area contributed by atoms with Gasteiger partial charge in [-0.3, -0.25) is 9.78 Å². The maximum Gasteiger partial charge on any atom is 0.271 e. The third-order valence-corrected chi connectivity index (χ3v) is 3.72. The minimum atomic E-state index is -0.400. The number of carbonyl (C=O) groups is 1. The summed E-state index contributed by atoms with van der Waals surface area (Å²) >= 11 is 0. The first-order chi connectivity index (χ1) is 11.6. The van der Waals surface area contributed by atoms with Crippen molar-refractivity contribution >= 4 is 5.91 Å². The molecule has 0 radical (unpaired) electrons. The van der Waals surface area contributed by atoms with Crippen LogP contribution in [0.3, 0.4) is 0 Å². The van der Waals surface area contributed by atoms with E-state index in [4.69, 9.17) is 9.47 Å². The Kier molecular flexibility index (Phi) is 5.00. The lowest BCUT2D eigenvalue weighted by Crippen LogP contribution is -2.51. The van der Waals surface area contributed by atoms with Gasteiger partial charge in [-0.25, -0.2) is 9.37 Å². The summed E-state index contributed by atoms with van der Waals surface area (Å²) in [6.07, 6.45) is 3.18. The maximum absolute atomic E-state index is 13.3. The van der Waals surface area contributed by atoms with E-state index in [1.54, 1.807) is 25.3 Å². The zero-order valence-corrected chi connectivity index (χ0v) is 13.2. The van der Waals surface area contributed by atoms with E-state index in [1.165, 1.54) is 18.3 Å². The molecule has 0 unspecified atom stereocenters. The van der Waals surface area contributed by atoms with Crippen LogP contribution < -0.4 is 10.1 Å². The van der Waals surface area contributed by atoms with Gasteiger partial charge >= 0.3 is 0 Å². The van der Waals surface area contributed by atoms with Crippen LogP contribution in [0.15, 0.2) is 36.7 Å². The van der Waals surface area contributed by atoms with E-state index in [0.717, 1.165) is 5.69 Å². The molecule has 1 aromatic heterocycles. The van der Waals surface area contributed by atoms with Crippen molar-refractivity contribution in [3.63, 3.8) is 0 Å². The molecule has 1 fully saturated rings. The summed E-state index contributed by atoms with van der Waals surface area (Å²) in [6.45, 7) is 2.64. The Balaban J connectivity index is 1.67. The quantitative estimate of drug-likeness (QED) is 0.926. The molecule has 0 bridgehead atoms. The molecular formula is C17H18FN3O3. The third kappa shape index (κ3) is 4.05. The Labute approximate surface area is 139 Å². The van der Waals surface area contributed by atoms with E-state index in [0.29, 0.717) is 25.4 Å². The highest BCUT2D eigenvalue weighted by Gasteiger charge is 2.29. The molecule has 2 aromatic rings. The fraction of sp³-hybridized carbons (Fsp3) is 0.353. The van der Waals surface area contributed by atoms with Gasteiger partial charge in [0.1, 0.15) is 23.4 Å². The van der Waals surface area contributed by atoms with Crippen molar-refractivity contribution in [1.29, 1.82) is 0 Å². The summed E-state index contributed by atoms with van der Waals surface area (Å²) in [5, 5.41) is 2.90. The third-order valence-electron chi connectivity index (χ3n) is 3.72. The molecule has 0 saturated carbocycles. The standard InChI is InChI=1S/C17H18FN3O3/c1-11-8-20-15(9-19-11)17(22)21-14-5-6-23-10-16(14)24-13-4-2-3-12(18)7-13/h2-4,7-9,14,16H,5-6,10H2,1H3,(H,21,22)/t14-,16-/m1/s1. The molecule has 7 heteroatoms. The molecule has 1 amide bonds. The molecule has 0 spiro atoms. The van der Waals surface area contributed by atoms with Gasteiger partial charge in [-0.2, -0.15) is 0 Å². The minimum Gasteiger partial charge on any atom is -0.486 e. The van der Waals surface area contributed by atoms with E-state index < -0.39 is 6.10 Å². The second-order valence-corrected chi connectivity index (χ2v) is 5.60. The number of aromatic nitrogens is 2. The van der Waals surface area contributed by atoms with Crippen molar-refractivity contribution in [3.05, 3.63) is 53.9 Å². The summed E-state index contributed by atoms with van der Waals surface area (Å²) < 4.78 is 24.5. The second kappa shape index (κ2) is 7.35. The fourth-order valence-corrected chi connectivity index (χ4v) is 2.46. The van der Waals surface area contributed by atoms with E-state index in [9.17, 15) is 9.18 Å².